The molecule has 0 saturated carbocycles. The van der Waals surface area contributed by atoms with E-state index < -0.39 is 10.0 Å². The first kappa shape index (κ1) is 19.9. The van der Waals surface area contributed by atoms with Gasteiger partial charge in [0.15, 0.2) is 5.96 Å². The van der Waals surface area contributed by atoms with Crippen molar-refractivity contribution in [2.75, 3.05) is 39.0 Å². The highest BCUT2D eigenvalue weighted by molar-refractivity contribution is 14.0. The Morgan fingerprint density at radius 1 is 1.50 bits per heavy atom. The van der Waals surface area contributed by atoms with Crippen LogP contribution in [-0.2, 0) is 10.0 Å². The van der Waals surface area contributed by atoms with Gasteiger partial charge in [0, 0.05) is 32.7 Å². The molecule has 3 N–H and O–H groups in total. The number of likely N-dealkylation sites (tertiary alicyclic amines) is 1. The summed E-state index contributed by atoms with van der Waals surface area (Å²) in [6.45, 7) is 5.12. The number of rotatable bonds is 6. The molecule has 0 amide bonds. The van der Waals surface area contributed by atoms with Gasteiger partial charge in [0.05, 0.1) is 12.4 Å². The van der Waals surface area contributed by atoms with Crippen LogP contribution in [0.5, 0.6) is 0 Å². The van der Waals surface area contributed by atoms with Crippen molar-refractivity contribution in [3.05, 3.63) is 0 Å². The Hall–Kier alpha value is -0.130. The molecule has 20 heavy (non-hydrogen) atoms. The second kappa shape index (κ2) is 9.74. The summed E-state index contributed by atoms with van der Waals surface area (Å²) in [4.78, 5) is 6.46. The van der Waals surface area contributed by atoms with Crippen molar-refractivity contribution in [1.29, 1.82) is 0 Å². The summed E-state index contributed by atoms with van der Waals surface area (Å²) in [6.07, 6.45) is 2.28. The average molecular weight is 420 g/mol. The SMILES string of the molecule is CCNC(=NCCCNS(C)(=O)=O)N1CC[C@@H](O)C1.I. The Balaban J connectivity index is 0.00000361. The zero-order valence-corrected chi connectivity index (χ0v) is 15.1. The number of aliphatic hydroxyl groups excluding tert-OH is 1. The normalized spacial score (nSPS) is 19.9. The third-order valence-corrected chi connectivity index (χ3v) is 3.49. The van der Waals surface area contributed by atoms with E-state index >= 15 is 0 Å². The van der Waals surface area contributed by atoms with Crippen molar-refractivity contribution in [3.8, 4) is 0 Å². The van der Waals surface area contributed by atoms with Crippen LogP contribution in [0.15, 0.2) is 4.99 Å². The lowest BCUT2D eigenvalue weighted by Gasteiger charge is -2.20. The number of aliphatic imine (C=N–C) groups is 1. The van der Waals surface area contributed by atoms with Crippen molar-refractivity contribution in [2.45, 2.75) is 25.9 Å². The van der Waals surface area contributed by atoms with Gasteiger partial charge in [0.1, 0.15) is 0 Å². The van der Waals surface area contributed by atoms with Gasteiger partial charge >= 0.3 is 0 Å². The zero-order valence-electron chi connectivity index (χ0n) is 12.0. The fourth-order valence-corrected chi connectivity index (χ4v) is 2.40. The number of sulfonamides is 1. The lowest BCUT2D eigenvalue weighted by molar-refractivity contribution is 0.188. The van der Waals surface area contributed by atoms with Gasteiger partial charge in [-0.2, -0.15) is 0 Å². The molecule has 1 aliphatic heterocycles. The number of hydrogen-bond donors (Lipinski definition) is 3. The van der Waals surface area contributed by atoms with Crippen molar-refractivity contribution in [3.63, 3.8) is 0 Å². The first-order valence-electron chi connectivity index (χ1n) is 6.58. The fourth-order valence-electron chi connectivity index (χ4n) is 1.88. The van der Waals surface area contributed by atoms with Crippen molar-refractivity contribution >= 4 is 40.0 Å². The number of nitrogens with zero attached hydrogens (tertiary/aromatic N) is 2. The van der Waals surface area contributed by atoms with E-state index in [0.717, 1.165) is 31.7 Å². The third-order valence-electron chi connectivity index (χ3n) is 2.76. The molecule has 0 radical (unpaired) electrons. The van der Waals surface area contributed by atoms with Crippen LogP contribution in [0.25, 0.3) is 0 Å². The van der Waals surface area contributed by atoms with Crippen LogP contribution in [0.4, 0.5) is 0 Å². The van der Waals surface area contributed by atoms with Gasteiger partial charge in [-0.3, -0.25) is 4.99 Å². The van der Waals surface area contributed by atoms with Crippen molar-refractivity contribution < 1.29 is 13.5 Å². The molecule has 120 valence electrons. The van der Waals surface area contributed by atoms with Gasteiger partial charge in [-0.15, -0.1) is 24.0 Å². The second-order valence-corrected chi connectivity index (χ2v) is 6.48. The summed E-state index contributed by atoms with van der Waals surface area (Å²) in [6, 6.07) is 0. The van der Waals surface area contributed by atoms with Gasteiger partial charge < -0.3 is 15.3 Å². The van der Waals surface area contributed by atoms with Crippen molar-refractivity contribution in [1.82, 2.24) is 14.9 Å². The molecule has 7 nitrogen and oxygen atoms in total. The summed E-state index contributed by atoms with van der Waals surface area (Å²) in [5.41, 5.74) is 0. The topological polar surface area (TPSA) is 94.0 Å². The smallest absolute Gasteiger partial charge is 0.208 e. The van der Waals surface area contributed by atoms with Gasteiger partial charge in [0.25, 0.3) is 0 Å². The minimum Gasteiger partial charge on any atom is -0.391 e. The number of hydrogen-bond acceptors (Lipinski definition) is 4. The molecule has 0 aliphatic carbocycles. The Morgan fingerprint density at radius 2 is 2.20 bits per heavy atom. The highest BCUT2D eigenvalue weighted by atomic mass is 127. The molecule has 1 fully saturated rings. The van der Waals surface area contributed by atoms with Gasteiger partial charge in [-0.25, -0.2) is 13.1 Å². The maximum absolute atomic E-state index is 10.9. The molecule has 9 heteroatoms. The maximum Gasteiger partial charge on any atom is 0.208 e. The summed E-state index contributed by atoms with van der Waals surface area (Å²) >= 11 is 0. The predicted molar refractivity (Wildman–Crippen MR) is 91.1 cm³/mol. The van der Waals surface area contributed by atoms with Crippen LogP contribution in [0.3, 0.4) is 0 Å². The van der Waals surface area contributed by atoms with Crippen LogP contribution in [0, 0.1) is 0 Å². The second-order valence-electron chi connectivity index (χ2n) is 4.64. The first-order chi connectivity index (χ1) is 8.92. The maximum atomic E-state index is 10.9. The van der Waals surface area contributed by atoms with Crippen molar-refractivity contribution in [2.24, 2.45) is 4.99 Å². The van der Waals surface area contributed by atoms with Crippen LogP contribution >= 0.6 is 24.0 Å². The molecule has 0 bridgehead atoms. The molecule has 0 spiro atoms. The zero-order chi connectivity index (χ0) is 14.3. The molecule has 0 aromatic rings. The first-order valence-corrected chi connectivity index (χ1v) is 8.47. The van der Waals surface area contributed by atoms with E-state index in [9.17, 15) is 13.5 Å². The quantitative estimate of drug-likeness (QED) is 0.235. The van der Waals surface area contributed by atoms with Gasteiger partial charge in [-0.1, -0.05) is 0 Å². The van der Waals surface area contributed by atoms with E-state index in [1.165, 1.54) is 0 Å². The average Bonchev–Trinajstić information content (AvgIpc) is 2.72. The van der Waals surface area contributed by atoms with Crippen LogP contribution in [0.2, 0.25) is 0 Å². The molecule has 0 aromatic heterocycles. The largest absolute Gasteiger partial charge is 0.391 e. The summed E-state index contributed by atoms with van der Waals surface area (Å²) < 4.78 is 24.2. The highest BCUT2D eigenvalue weighted by Crippen LogP contribution is 2.08. The van der Waals surface area contributed by atoms with E-state index in [1.54, 1.807) is 0 Å². The number of aliphatic hydroxyl groups is 1. The Labute approximate surface area is 138 Å². The Bertz CT molecular complexity index is 402. The third kappa shape index (κ3) is 8.22. The van der Waals surface area contributed by atoms with E-state index in [0.29, 0.717) is 26.1 Å². The summed E-state index contributed by atoms with van der Waals surface area (Å²) in [5, 5.41) is 12.7. The van der Waals surface area contributed by atoms with E-state index in [2.05, 4.69) is 15.0 Å². The number of β-amino-alcohol motifs (C(OH)–C–C–N with tert-alkyl or cyclic N) is 1. The van der Waals surface area contributed by atoms with Crippen LogP contribution in [0.1, 0.15) is 19.8 Å². The number of halogens is 1. The lowest BCUT2D eigenvalue weighted by Crippen LogP contribution is -2.40. The Morgan fingerprint density at radius 3 is 2.70 bits per heavy atom. The predicted octanol–water partition coefficient (Wildman–Crippen LogP) is -0.424. The minimum absolute atomic E-state index is 0. The molecule has 1 heterocycles. The molecule has 1 atom stereocenters. The minimum atomic E-state index is -3.12. The molecular formula is C11H25IN4O3S. The standard InChI is InChI=1S/C11H24N4O3S.HI/c1-3-12-11(15-8-5-10(16)9-15)13-6-4-7-14-19(2,17)18;/h10,14,16H,3-9H2,1-2H3,(H,12,13);1H/t10-;/m1./s1. The van der Waals surface area contributed by atoms with E-state index in [4.69, 9.17) is 0 Å². The lowest BCUT2D eigenvalue weighted by atomic mass is 10.3. The van der Waals surface area contributed by atoms with Gasteiger partial charge in [0.2, 0.25) is 10.0 Å². The summed E-state index contributed by atoms with van der Waals surface area (Å²) in [5.74, 6) is 0.790. The molecule has 0 aromatic carbocycles. The Kier molecular flexibility index (Phi) is 9.68. The molecule has 1 aliphatic rings. The molecule has 1 rings (SSSR count). The monoisotopic (exact) mass is 420 g/mol. The van der Waals surface area contributed by atoms with Crippen LogP contribution < -0.4 is 10.0 Å². The molecule has 1 saturated heterocycles. The van der Waals surface area contributed by atoms with Crippen LogP contribution in [-0.4, -0.2) is 69.5 Å². The molecular weight excluding hydrogens is 395 g/mol. The van der Waals surface area contributed by atoms with E-state index in [1.807, 2.05) is 11.8 Å². The highest BCUT2D eigenvalue weighted by Gasteiger charge is 2.22. The molecule has 0 unspecified atom stereocenters. The fraction of sp³-hybridized carbons (Fsp3) is 0.909. The van der Waals surface area contributed by atoms with E-state index in [-0.39, 0.29) is 30.1 Å². The van der Waals surface area contributed by atoms with Gasteiger partial charge in [-0.05, 0) is 19.8 Å². The number of guanidine groups is 1. The number of nitrogens with one attached hydrogen (secondary N) is 2. The summed E-state index contributed by atoms with van der Waals surface area (Å²) in [7, 11) is -3.12.